The molecule has 1 aromatic carbocycles. The minimum absolute atomic E-state index is 0.235. The van der Waals surface area contributed by atoms with Gasteiger partial charge in [0.1, 0.15) is 5.75 Å². The number of rotatable bonds is 6. The highest BCUT2D eigenvalue weighted by atomic mass is 16.5. The van der Waals surface area contributed by atoms with Crippen LogP contribution in [0.3, 0.4) is 0 Å². The van der Waals surface area contributed by atoms with Crippen LogP contribution in [-0.4, -0.2) is 44.4 Å². The second-order valence-corrected chi connectivity index (χ2v) is 5.27. The zero-order valence-corrected chi connectivity index (χ0v) is 12.5. The second-order valence-electron chi connectivity index (χ2n) is 5.27. The summed E-state index contributed by atoms with van der Waals surface area (Å²) in [6.07, 6.45) is 2.16. The molecule has 4 nitrogen and oxygen atoms in total. The third-order valence-electron chi connectivity index (χ3n) is 4.04. The van der Waals surface area contributed by atoms with Gasteiger partial charge in [-0.15, -0.1) is 0 Å². The maximum atomic E-state index is 6.02. The van der Waals surface area contributed by atoms with Crippen LogP contribution in [0.1, 0.15) is 31.4 Å². The lowest BCUT2D eigenvalue weighted by Gasteiger charge is -2.37. The Morgan fingerprint density at radius 2 is 2.15 bits per heavy atom. The van der Waals surface area contributed by atoms with E-state index >= 15 is 0 Å². The first-order valence-corrected chi connectivity index (χ1v) is 7.48. The average Bonchev–Trinajstić information content (AvgIpc) is 2.49. The van der Waals surface area contributed by atoms with Crippen LogP contribution in [0.4, 0.5) is 0 Å². The van der Waals surface area contributed by atoms with Crippen LogP contribution in [0.25, 0.3) is 0 Å². The average molecular weight is 278 g/mol. The summed E-state index contributed by atoms with van der Waals surface area (Å²) in [6.45, 7) is 5.01. The molecule has 1 unspecified atom stereocenters. The van der Waals surface area contributed by atoms with Crippen molar-refractivity contribution in [3.63, 3.8) is 0 Å². The molecule has 0 radical (unpaired) electrons. The number of likely N-dealkylation sites (N-methyl/N-ethyl adjacent to an activating group) is 1. The summed E-state index contributed by atoms with van der Waals surface area (Å²) >= 11 is 0. The Morgan fingerprint density at radius 3 is 2.80 bits per heavy atom. The lowest BCUT2D eigenvalue weighted by Crippen LogP contribution is -2.41. The van der Waals surface area contributed by atoms with E-state index in [-0.39, 0.29) is 6.04 Å². The maximum absolute atomic E-state index is 6.02. The van der Waals surface area contributed by atoms with Crippen molar-refractivity contribution < 1.29 is 9.47 Å². The first-order valence-electron chi connectivity index (χ1n) is 7.48. The zero-order chi connectivity index (χ0) is 14.4. The standard InChI is InChI=1S/C16H26N2O2/c1-3-20-15-6-4-5-13(11-15)16(12-17)18(2)14-7-9-19-10-8-14/h4-6,11,14,16H,3,7-10,12,17H2,1-2H3. The summed E-state index contributed by atoms with van der Waals surface area (Å²) in [7, 11) is 2.17. The Hall–Kier alpha value is -1.10. The van der Waals surface area contributed by atoms with Crippen molar-refractivity contribution in [2.45, 2.75) is 31.8 Å². The van der Waals surface area contributed by atoms with E-state index in [1.165, 1.54) is 5.56 Å². The summed E-state index contributed by atoms with van der Waals surface area (Å²) in [5, 5.41) is 0. The van der Waals surface area contributed by atoms with Crippen molar-refractivity contribution in [2.24, 2.45) is 5.73 Å². The van der Waals surface area contributed by atoms with Crippen LogP contribution in [-0.2, 0) is 4.74 Å². The molecule has 4 heteroatoms. The fourth-order valence-corrected chi connectivity index (χ4v) is 2.86. The molecule has 2 N–H and O–H groups in total. The highest BCUT2D eigenvalue weighted by Crippen LogP contribution is 2.27. The van der Waals surface area contributed by atoms with E-state index in [2.05, 4.69) is 24.1 Å². The maximum Gasteiger partial charge on any atom is 0.119 e. The molecule has 2 rings (SSSR count). The summed E-state index contributed by atoms with van der Waals surface area (Å²) in [5.74, 6) is 0.920. The zero-order valence-electron chi connectivity index (χ0n) is 12.5. The molecule has 20 heavy (non-hydrogen) atoms. The van der Waals surface area contributed by atoms with E-state index in [0.29, 0.717) is 19.2 Å². The van der Waals surface area contributed by atoms with Gasteiger partial charge in [0.25, 0.3) is 0 Å². The number of hydrogen-bond acceptors (Lipinski definition) is 4. The first kappa shape index (κ1) is 15.3. The Labute approximate surface area is 121 Å². The Kier molecular flexibility index (Phi) is 5.83. The molecule has 1 atom stereocenters. The molecule has 1 fully saturated rings. The molecular formula is C16H26N2O2. The minimum Gasteiger partial charge on any atom is -0.494 e. The smallest absolute Gasteiger partial charge is 0.119 e. The first-order chi connectivity index (χ1) is 9.76. The molecule has 1 aliphatic heterocycles. The van der Waals surface area contributed by atoms with E-state index in [0.717, 1.165) is 31.8 Å². The molecule has 0 saturated carbocycles. The molecule has 1 aliphatic rings. The second kappa shape index (κ2) is 7.62. The van der Waals surface area contributed by atoms with Crippen LogP contribution in [0.5, 0.6) is 5.75 Å². The number of nitrogens with zero attached hydrogens (tertiary/aromatic N) is 1. The molecule has 0 amide bonds. The SMILES string of the molecule is CCOc1cccc(C(CN)N(C)C2CCOCC2)c1. The van der Waals surface area contributed by atoms with Crippen molar-refractivity contribution in [2.75, 3.05) is 33.4 Å². The third kappa shape index (κ3) is 3.72. The molecule has 0 aromatic heterocycles. The quantitative estimate of drug-likeness (QED) is 0.866. The Morgan fingerprint density at radius 1 is 1.40 bits per heavy atom. The fraction of sp³-hybridized carbons (Fsp3) is 0.625. The van der Waals surface area contributed by atoms with E-state index in [1.54, 1.807) is 0 Å². The van der Waals surface area contributed by atoms with Gasteiger partial charge in [-0.2, -0.15) is 0 Å². The monoisotopic (exact) mass is 278 g/mol. The van der Waals surface area contributed by atoms with Gasteiger partial charge in [0.15, 0.2) is 0 Å². The largest absolute Gasteiger partial charge is 0.494 e. The van der Waals surface area contributed by atoms with Gasteiger partial charge in [0.05, 0.1) is 6.61 Å². The van der Waals surface area contributed by atoms with Gasteiger partial charge in [-0.1, -0.05) is 12.1 Å². The predicted octanol–water partition coefficient (Wildman–Crippen LogP) is 2.20. The van der Waals surface area contributed by atoms with Crippen molar-refractivity contribution in [1.29, 1.82) is 0 Å². The van der Waals surface area contributed by atoms with Crippen molar-refractivity contribution >= 4 is 0 Å². The van der Waals surface area contributed by atoms with Crippen LogP contribution in [0.15, 0.2) is 24.3 Å². The third-order valence-corrected chi connectivity index (χ3v) is 4.04. The van der Waals surface area contributed by atoms with Crippen LogP contribution in [0.2, 0.25) is 0 Å². The predicted molar refractivity (Wildman–Crippen MR) is 81.0 cm³/mol. The molecule has 0 aliphatic carbocycles. The molecule has 1 heterocycles. The van der Waals surface area contributed by atoms with E-state index < -0.39 is 0 Å². The molecule has 112 valence electrons. The van der Waals surface area contributed by atoms with E-state index in [9.17, 15) is 0 Å². The van der Waals surface area contributed by atoms with Gasteiger partial charge in [-0.3, -0.25) is 4.90 Å². The van der Waals surface area contributed by atoms with Gasteiger partial charge in [0, 0.05) is 31.8 Å². The van der Waals surface area contributed by atoms with Crippen LogP contribution >= 0.6 is 0 Å². The normalized spacial score (nSPS) is 18.2. The summed E-state index contributed by atoms with van der Waals surface area (Å²) in [5.41, 5.74) is 7.25. The van der Waals surface area contributed by atoms with Gasteiger partial charge >= 0.3 is 0 Å². The van der Waals surface area contributed by atoms with Gasteiger partial charge in [-0.25, -0.2) is 0 Å². The Balaban J connectivity index is 2.11. The van der Waals surface area contributed by atoms with Crippen LogP contribution < -0.4 is 10.5 Å². The summed E-state index contributed by atoms with van der Waals surface area (Å²) in [4.78, 5) is 2.40. The van der Waals surface area contributed by atoms with Crippen LogP contribution in [0, 0.1) is 0 Å². The van der Waals surface area contributed by atoms with Crippen molar-refractivity contribution in [3.8, 4) is 5.75 Å². The highest BCUT2D eigenvalue weighted by molar-refractivity contribution is 5.31. The topological polar surface area (TPSA) is 47.7 Å². The van der Waals surface area contributed by atoms with Gasteiger partial charge < -0.3 is 15.2 Å². The lowest BCUT2D eigenvalue weighted by atomic mass is 10.0. The summed E-state index contributed by atoms with van der Waals surface area (Å²) < 4.78 is 11.0. The number of nitrogens with two attached hydrogens (primary N) is 1. The van der Waals surface area contributed by atoms with Gasteiger partial charge in [-0.05, 0) is 44.5 Å². The molecule has 0 bridgehead atoms. The minimum atomic E-state index is 0.235. The van der Waals surface area contributed by atoms with E-state index in [4.69, 9.17) is 15.2 Å². The number of benzene rings is 1. The molecular weight excluding hydrogens is 252 g/mol. The van der Waals surface area contributed by atoms with Crippen molar-refractivity contribution in [1.82, 2.24) is 4.90 Å². The van der Waals surface area contributed by atoms with Crippen molar-refractivity contribution in [3.05, 3.63) is 29.8 Å². The Bertz CT molecular complexity index is 405. The molecule has 1 saturated heterocycles. The molecule has 0 spiro atoms. The number of hydrogen-bond donors (Lipinski definition) is 1. The lowest BCUT2D eigenvalue weighted by molar-refractivity contribution is 0.0293. The fourth-order valence-electron chi connectivity index (χ4n) is 2.86. The molecule has 1 aromatic rings. The highest BCUT2D eigenvalue weighted by Gasteiger charge is 2.25. The number of ether oxygens (including phenoxy) is 2. The summed E-state index contributed by atoms with van der Waals surface area (Å²) in [6, 6.07) is 9.06. The van der Waals surface area contributed by atoms with Gasteiger partial charge in [0.2, 0.25) is 0 Å². The van der Waals surface area contributed by atoms with E-state index in [1.807, 2.05) is 19.1 Å².